The standard InChI is InChI=1S/C19H15ClFN3O4/c1-2-28-13-6-4-12(5-7-13)24-18(26)14(10-22-19(24)27)17(25)23-11-3-8-16(21)15(20)9-11/h3-10H,2H2,1H3,(H,22,27)(H,23,25). The second-order valence-electron chi connectivity index (χ2n) is 5.66. The predicted octanol–water partition coefficient (Wildman–Crippen LogP) is 2.97. The number of H-pyrrole nitrogens is 1. The first-order valence-electron chi connectivity index (χ1n) is 8.25. The van der Waals surface area contributed by atoms with E-state index in [4.69, 9.17) is 16.3 Å². The molecule has 1 amide bonds. The van der Waals surface area contributed by atoms with Gasteiger partial charge in [0.1, 0.15) is 17.1 Å². The SMILES string of the molecule is CCOc1ccc(-n2c(=O)[nH]cc(C(=O)Nc3ccc(F)c(Cl)c3)c2=O)cc1. The number of anilines is 1. The van der Waals surface area contributed by atoms with E-state index in [1.807, 2.05) is 6.92 Å². The molecule has 2 N–H and O–H groups in total. The van der Waals surface area contributed by atoms with E-state index in [9.17, 15) is 18.8 Å². The van der Waals surface area contributed by atoms with Gasteiger partial charge in [-0.05, 0) is 49.4 Å². The van der Waals surface area contributed by atoms with Crippen LogP contribution in [0.25, 0.3) is 5.69 Å². The number of amides is 1. The van der Waals surface area contributed by atoms with E-state index < -0.39 is 23.0 Å². The summed E-state index contributed by atoms with van der Waals surface area (Å²) < 4.78 is 19.4. The van der Waals surface area contributed by atoms with Gasteiger partial charge in [0.2, 0.25) is 0 Å². The van der Waals surface area contributed by atoms with Crippen molar-refractivity contribution in [1.82, 2.24) is 9.55 Å². The van der Waals surface area contributed by atoms with E-state index in [1.165, 1.54) is 24.3 Å². The summed E-state index contributed by atoms with van der Waals surface area (Å²) in [5.41, 5.74) is -1.33. The predicted molar refractivity (Wildman–Crippen MR) is 103 cm³/mol. The molecule has 28 heavy (non-hydrogen) atoms. The summed E-state index contributed by atoms with van der Waals surface area (Å²) in [6.45, 7) is 2.31. The number of aromatic amines is 1. The highest BCUT2D eigenvalue weighted by atomic mass is 35.5. The Morgan fingerprint density at radius 1 is 1.21 bits per heavy atom. The molecule has 0 bridgehead atoms. The lowest BCUT2D eigenvalue weighted by atomic mass is 10.2. The maximum atomic E-state index is 13.2. The zero-order valence-electron chi connectivity index (χ0n) is 14.7. The van der Waals surface area contributed by atoms with E-state index in [2.05, 4.69) is 10.3 Å². The molecule has 1 aromatic heterocycles. The van der Waals surface area contributed by atoms with Gasteiger partial charge in [0.15, 0.2) is 0 Å². The van der Waals surface area contributed by atoms with Crippen molar-refractivity contribution in [2.24, 2.45) is 0 Å². The molecule has 3 aromatic rings. The van der Waals surface area contributed by atoms with Crippen molar-refractivity contribution in [3.8, 4) is 11.4 Å². The molecule has 0 aliphatic heterocycles. The third-order valence-corrected chi connectivity index (χ3v) is 4.09. The van der Waals surface area contributed by atoms with E-state index >= 15 is 0 Å². The molecule has 0 unspecified atom stereocenters. The van der Waals surface area contributed by atoms with Crippen LogP contribution in [0.2, 0.25) is 5.02 Å². The number of halogens is 2. The molecule has 0 spiro atoms. The van der Waals surface area contributed by atoms with Crippen LogP contribution >= 0.6 is 11.6 Å². The number of benzene rings is 2. The zero-order chi connectivity index (χ0) is 20.3. The van der Waals surface area contributed by atoms with Crippen LogP contribution in [-0.2, 0) is 0 Å². The number of hydrogen-bond donors (Lipinski definition) is 2. The van der Waals surface area contributed by atoms with Crippen molar-refractivity contribution < 1.29 is 13.9 Å². The van der Waals surface area contributed by atoms with Crippen LogP contribution in [-0.4, -0.2) is 22.1 Å². The minimum atomic E-state index is -0.807. The molecule has 0 aliphatic carbocycles. The van der Waals surface area contributed by atoms with Crippen molar-refractivity contribution in [3.63, 3.8) is 0 Å². The second kappa shape index (κ2) is 8.10. The zero-order valence-corrected chi connectivity index (χ0v) is 15.4. The van der Waals surface area contributed by atoms with Gasteiger partial charge in [-0.25, -0.2) is 13.8 Å². The maximum Gasteiger partial charge on any atom is 0.333 e. The lowest BCUT2D eigenvalue weighted by Gasteiger charge is -2.09. The van der Waals surface area contributed by atoms with Crippen LogP contribution in [0.3, 0.4) is 0 Å². The van der Waals surface area contributed by atoms with Gasteiger partial charge in [-0.2, -0.15) is 0 Å². The highest BCUT2D eigenvalue weighted by Crippen LogP contribution is 2.19. The van der Waals surface area contributed by atoms with Gasteiger partial charge >= 0.3 is 5.69 Å². The van der Waals surface area contributed by atoms with Crippen LogP contribution in [0.1, 0.15) is 17.3 Å². The summed E-state index contributed by atoms with van der Waals surface area (Å²) in [5, 5.41) is 2.27. The molecule has 0 aliphatic rings. The fourth-order valence-electron chi connectivity index (χ4n) is 2.50. The van der Waals surface area contributed by atoms with E-state index in [-0.39, 0.29) is 22.0 Å². The van der Waals surface area contributed by atoms with Crippen LogP contribution < -0.4 is 21.3 Å². The van der Waals surface area contributed by atoms with Gasteiger partial charge < -0.3 is 15.0 Å². The molecular weight excluding hydrogens is 389 g/mol. The number of nitrogens with one attached hydrogen (secondary N) is 2. The monoisotopic (exact) mass is 403 g/mol. The summed E-state index contributed by atoms with van der Waals surface area (Å²) >= 11 is 5.69. The lowest BCUT2D eigenvalue weighted by molar-refractivity contribution is 0.102. The molecule has 3 rings (SSSR count). The molecular formula is C19H15ClFN3O4. The van der Waals surface area contributed by atoms with Crippen LogP contribution in [0.15, 0.2) is 58.3 Å². The normalized spacial score (nSPS) is 10.5. The van der Waals surface area contributed by atoms with Crippen molar-refractivity contribution >= 4 is 23.2 Å². The highest BCUT2D eigenvalue weighted by molar-refractivity contribution is 6.31. The van der Waals surface area contributed by atoms with Crippen molar-refractivity contribution in [3.05, 3.63) is 85.9 Å². The third kappa shape index (κ3) is 3.96. The van der Waals surface area contributed by atoms with Crippen molar-refractivity contribution in [2.75, 3.05) is 11.9 Å². The molecule has 0 saturated carbocycles. The molecule has 144 valence electrons. The smallest absolute Gasteiger partial charge is 0.333 e. The Morgan fingerprint density at radius 2 is 1.93 bits per heavy atom. The quantitative estimate of drug-likeness (QED) is 0.685. The molecule has 0 saturated heterocycles. The lowest BCUT2D eigenvalue weighted by Crippen LogP contribution is -2.38. The Kier molecular flexibility index (Phi) is 5.60. The molecule has 0 fully saturated rings. The minimum absolute atomic E-state index is 0.175. The average Bonchev–Trinajstić information content (AvgIpc) is 2.66. The number of aromatic nitrogens is 2. The van der Waals surface area contributed by atoms with Crippen LogP contribution in [0.5, 0.6) is 5.75 Å². The number of hydrogen-bond acceptors (Lipinski definition) is 4. The molecule has 1 heterocycles. The average molecular weight is 404 g/mol. The third-order valence-electron chi connectivity index (χ3n) is 3.80. The maximum absolute atomic E-state index is 13.2. The van der Waals surface area contributed by atoms with Gasteiger partial charge in [0, 0.05) is 11.9 Å². The summed E-state index contributed by atoms with van der Waals surface area (Å²) in [5.74, 6) is -0.831. The van der Waals surface area contributed by atoms with E-state index in [1.54, 1.807) is 12.1 Å². The van der Waals surface area contributed by atoms with E-state index in [0.717, 1.165) is 16.8 Å². The molecule has 0 radical (unpaired) electrons. The largest absolute Gasteiger partial charge is 0.494 e. The Hall–Kier alpha value is -3.39. The number of carbonyl (C=O) groups excluding carboxylic acids is 1. The summed E-state index contributed by atoms with van der Waals surface area (Å²) in [6, 6.07) is 9.88. The fraction of sp³-hybridized carbons (Fsp3) is 0.105. The first-order chi connectivity index (χ1) is 13.4. The fourth-order valence-corrected chi connectivity index (χ4v) is 2.68. The van der Waals surface area contributed by atoms with Crippen molar-refractivity contribution in [1.29, 1.82) is 0 Å². The number of ether oxygens (including phenoxy) is 1. The summed E-state index contributed by atoms with van der Waals surface area (Å²) in [6.07, 6.45) is 1.02. The summed E-state index contributed by atoms with van der Waals surface area (Å²) in [4.78, 5) is 39.7. The van der Waals surface area contributed by atoms with Gasteiger partial charge in [-0.15, -0.1) is 0 Å². The molecule has 2 aromatic carbocycles. The van der Waals surface area contributed by atoms with Gasteiger partial charge in [-0.1, -0.05) is 11.6 Å². The van der Waals surface area contributed by atoms with Gasteiger partial charge in [-0.3, -0.25) is 9.59 Å². The Bertz CT molecular complexity index is 1140. The Labute approximate surface area is 163 Å². The van der Waals surface area contributed by atoms with Gasteiger partial charge in [0.05, 0.1) is 17.3 Å². The Morgan fingerprint density at radius 3 is 2.57 bits per heavy atom. The number of carbonyl (C=O) groups is 1. The molecule has 9 heteroatoms. The molecule has 7 nitrogen and oxygen atoms in total. The summed E-state index contributed by atoms with van der Waals surface area (Å²) in [7, 11) is 0. The minimum Gasteiger partial charge on any atom is -0.494 e. The first-order valence-corrected chi connectivity index (χ1v) is 8.63. The van der Waals surface area contributed by atoms with Crippen LogP contribution in [0, 0.1) is 5.82 Å². The molecule has 0 atom stereocenters. The topological polar surface area (TPSA) is 93.2 Å². The van der Waals surface area contributed by atoms with Crippen LogP contribution in [0.4, 0.5) is 10.1 Å². The Balaban J connectivity index is 1.96. The second-order valence-corrected chi connectivity index (χ2v) is 6.07. The van der Waals surface area contributed by atoms with Crippen molar-refractivity contribution in [2.45, 2.75) is 6.92 Å². The van der Waals surface area contributed by atoms with Gasteiger partial charge in [0.25, 0.3) is 11.5 Å². The first kappa shape index (κ1) is 19.4. The highest BCUT2D eigenvalue weighted by Gasteiger charge is 2.16. The number of rotatable bonds is 5. The van der Waals surface area contributed by atoms with E-state index in [0.29, 0.717) is 12.4 Å². The number of nitrogens with zero attached hydrogens (tertiary/aromatic N) is 1.